The number of ether oxygens (including phenoxy) is 1. The molecular formula is C11H18N2O2. The van der Waals surface area contributed by atoms with Gasteiger partial charge in [-0.05, 0) is 38.8 Å². The Morgan fingerprint density at radius 1 is 1.40 bits per heavy atom. The molecule has 4 nitrogen and oxygen atoms in total. The highest BCUT2D eigenvalue weighted by molar-refractivity contribution is 5.32. The predicted molar refractivity (Wildman–Crippen MR) is 59.7 cm³/mol. The van der Waals surface area contributed by atoms with Gasteiger partial charge in [0.2, 0.25) is 0 Å². The van der Waals surface area contributed by atoms with Crippen molar-refractivity contribution >= 4 is 5.82 Å². The van der Waals surface area contributed by atoms with Gasteiger partial charge in [0.1, 0.15) is 11.6 Å². The molecule has 0 unspecified atom stereocenters. The van der Waals surface area contributed by atoms with Gasteiger partial charge in [-0.1, -0.05) is 0 Å². The number of hydrogen-bond acceptors (Lipinski definition) is 4. The average Bonchev–Trinajstić information content (AvgIpc) is 2.19. The number of nitrogens with two attached hydrogens (primary N) is 1. The number of pyridine rings is 1. The number of aliphatic hydroxyl groups excluding tert-OH is 1. The first kappa shape index (κ1) is 11.8. The Labute approximate surface area is 90.1 Å². The van der Waals surface area contributed by atoms with Crippen LogP contribution in [0, 0.1) is 0 Å². The topological polar surface area (TPSA) is 68.4 Å². The fourth-order valence-corrected chi connectivity index (χ4v) is 1.23. The molecule has 0 spiro atoms. The fourth-order valence-electron chi connectivity index (χ4n) is 1.23. The third-order valence-corrected chi connectivity index (χ3v) is 2.09. The molecule has 15 heavy (non-hydrogen) atoms. The van der Waals surface area contributed by atoms with E-state index in [9.17, 15) is 0 Å². The van der Waals surface area contributed by atoms with E-state index in [-0.39, 0.29) is 12.2 Å². The largest absolute Gasteiger partial charge is 0.489 e. The Bertz CT molecular complexity index is 285. The monoisotopic (exact) mass is 210 g/mol. The molecule has 0 aromatic carbocycles. The minimum atomic E-state index is -0.277. The van der Waals surface area contributed by atoms with Crippen molar-refractivity contribution in [1.29, 1.82) is 0 Å². The van der Waals surface area contributed by atoms with Crippen LogP contribution in [-0.4, -0.2) is 22.3 Å². The van der Waals surface area contributed by atoms with Gasteiger partial charge in [-0.25, -0.2) is 4.98 Å². The Morgan fingerprint density at radius 3 is 2.67 bits per heavy atom. The second kappa shape index (κ2) is 5.56. The second-order valence-corrected chi connectivity index (χ2v) is 3.77. The highest BCUT2D eigenvalue weighted by Gasteiger charge is 2.06. The van der Waals surface area contributed by atoms with Crippen LogP contribution in [-0.2, 0) is 0 Å². The molecule has 1 aromatic heterocycles. The maximum Gasteiger partial charge on any atom is 0.138 e. The highest BCUT2D eigenvalue weighted by atomic mass is 16.5. The molecule has 0 bridgehead atoms. The molecular weight excluding hydrogens is 192 g/mol. The van der Waals surface area contributed by atoms with Crippen molar-refractivity contribution in [3.8, 4) is 5.75 Å². The van der Waals surface area contributed by atoms with Crippen LogP contribution in [0.1, 0.15) is 26.7 Å². The van der Waals surface area contributed by atoms with Crippen LogP contribution < -0.4 is 10.5 Å². The van der Waals surface area contributed by atoms with Crippen LogP contribution >= 0.6 is 0 Å². The van der Waals surface area contributed by atoms with E-state index in [1.165, 1.54) is 0 Å². The number of hydrogen-bond donors (Lipinski definition) is 2. The fraction of sp³-hybridized carbons (Fsp3) is 0.545. The summed E-state index contributed by atoms with van der Waals surface area (Å²) < 4.78 is 5.59. The lowest BCUT2D eigenvalue weighted by Crippen LogP contribution is -2.14. The quantitative estimate of drug-likeness (QED) is 0.774. The summed E-state index contributed by atoms with van der Waals surface area (Å²) in [7, 11) is 0. The van der Waals surface area contributed by atoms with Crippen molar-refractivity contribution in [3.05, 3.63) is 18.3 Å². The minimum Gasteiger partial charge on any atom is -0.489 e. The zero-order valence-electron chi connectivity index (χ0n) is 9.18. The summed E-state index contributed by atoms with van der Waals surface area (Å²) >= 11 is 0. The van der Waals surface area contributed by atoms with E-state index in [1.54, 1.807) is 25.3 Å². The van der Waals surface area contributed by atoms with Gasteiger partial charge in [0, 0.05) is 0 Å². The molecule has 0 aliphatic carbocycles. The van der Waals surface area contributed by atoms with E-state index >= 15 is 0 Å². The molecule has 1 heterocycles. The maximum atomic E-state index is 9.12. The number of nitrogen functional groups attached to an aromatic ring is 1. The molecule has 0 fully saturated rings. The number of nitrogens with zero attached hydrogens (tertiary/aromatic N) is 1. The standard InChI is InChI=1S/C11H18N2O2/c1-8(14)3-4-9(2)15-10-5-6-11(12)13-7-10/h5-9,14H,3-4H2,1-2H3,(H2,12,13)/t8-,9-/m0/s1. The molecule has 0 saturated carbocycles. The van der Waals surface area contributed by atoms with Gasteiger partial charge in [-0.2, -0.15) is 0 Å². The lowest BCUT2D eigenvalue weighted by atomic mass is 10.1. The SMILES string of the molecule is C[C@H](O)CC[C@H](C)Oc1ccc(N)nc1. The second-order valence-electron chi connectivity index (χ2n) is 3.77. The Kier molecular flexibility index (Phi) is 4.37. The zero-order chi connectivity index (χ0) is 11.3. The number of rotatable bonds is 5. The van der Waals surface area contributed by atoms with E-state index in [0.717, 1.165) is 12.8 Å². The third kappa shape index (κ3) is 4.65. The summed E-state index contributed by atoms with van der Waals surface area (Å²) in [6.07, 6.45) is 2.96. The van der Waals surface area contributed by atoms with Gasteiger partial charge in [-0.15, -0.1) is 0 Å². The molecule has 0 aliphatic rings. The Balaban J connectivity index is 2.37. The number of aromatic nitrogens is 1. The third-order valence-electron chi connectivity index (χ3n) is 2.09. The van der Waals surface area contributed by atoms with Crippen LogP contribution in [0.5, 0.6) is 5.75 Å². The van der Waals surface area contributed by atoms with Gasteiger partial charge in [0.15, 0.2) is 0 Å². The Morgan fingerprint density at radius 2 is 2.13 bits per heavy atom. The molecule has 84 valence electrons. The molecule has 0 radical (unpaired) electrons. The Hall–Kier alpha value is -1.29. The molecule has 1 aromatic rings. The molecule has 0 aliphatic heterocycles. The van der Waals surface area contributed by atoms with Crippen molar-refractivity contribution in [2.45, 2.75) is 38.9 Å². The summed E-state index contributed by atoms with van der Waals surface area (Å²) in [6, 6.07) is 3.50. The van der Waals surface area contributed by atoms with Crippen LogP contribution in [0.3, 0.4) is 0 Å². The zero-order valence-corrected chi connectivity index (χ0v) is 9.18. The minimum absolute atomic E-state index is 0.0741. The van der Waals surface area contributed by atoms with E-state index in [4.69, 9.17) is 15.6 Å². The van der Waals surface area contributed by atoms with Crippen molar-refractivity contribution < 1.29 is 9.84 Å². The van der Waals surface area contributed by atoms with E-state index in [2.05, 4.69) is 4.98 Å². The van der Waals surface area contributed by atoms with Crippen molar-refractivity contribution in [1.82, 2.24) is 4.98 Å². The van der Waals surface area contributed by atoms with Crippen LogP contribution in [0.25, 0.3) is 0 Å². The van der Waals surface area contributed by atoms with Gasteiger partial charge in [-0.3, -0.25) is 0 Å². The van der Waals surface area contributed by atoms with Gasteiger partial charge in [0.05, 0.1) is 18.4 Å². The smallest absolute Gasteiger partial charge is 0.138 e. The molecule has 3 N–H and O–H groups in total. The lowest BCUT2D eigenvalue weighted by Gasteiger charge is -2.15. The molecule has 4 heteroatoms. The summed E-state index contributed by atoms with van der Waals surface area (Å²) in [6.45, 7) is 3.75. The predicted octanol–water partition coefficient (Wildman–Crippen LogP) is 1.59. The first-order valence-corrected chi connectivity index (χ1v) is 5.14. The maximum absolute atomic E-state index is 9.12. The average molecular weight is 210 g/mol. The summed E-state index contributed by atoms with van der Waals surface area (Å²) in [5.74, 6) is 1.20. The van der Waals surface area contributed by atoms with Crippen molar-refractivity contribution in [2.24, 2.45) is 0 Å². The first-order valence-electron chi connectivity index (χ1n) is 5.14. The molecule has 1 rings (SSSR count). The van der Waals surface area contributed by atoms with Gasteiger partial charge >= 0.3 is 0 Å². The normalized spacial score (nSPS) is 14.6. The van der Waals surface area contributed by atoms with E-state index in [1.807, 2.05) is 6.92 Å². The summed E-state index contributed by atoms with van der Waals surface area (Å²) in [4.78, 5) is 3.93. The first-order chi connectivity index (χ1) is 7.08. The van der Waals surface area contributed by atoms with Crippen LogP contribution in [0.2, 0.25) is 0 Å². The lowest BCUT2D eigenvalue weighted by molar-refractivity contribution is 0.145. The molecule has 2 atom stereocenters. The summed E-state index contributed by atoms with van der Waals surface area (Å²) in [5.41, 5.74) is 5.46. The highest BCUT2D eigenvalue weighted by Crippen LogP contribution is 2.14. The van der Waals surface area contributed by atoms with Crippen LogP contribution in [0.4, 0.5) is 5.82 Å². The van der Waals surface area contributed by atoms with E-state index < -0.39 is 0 Å². The van der Waals surface area contributed by atoms with Gasteiger partial charge < -0.3 is 15.6 Å². The molecule has 0 amide bonds. The number of anilines is 1. The van der Waals surface area contributed by atoms with E-state index in [0.29, 0.717) is 11.6 Å². The van der Waals surface area contributed by atoms with Gasteiger partial charge in [0.25, 0.3) is 0 Å². The molecule has 0 saturated heterocycles. The number of aliphatic hydroxyl groups is 1. The van der Waals surface area contributed by atoms with Crippen molar-refractivity contribution in [3.63, 3.8) is 0 Å². The van der Waals surface area contributed by atoms with Crippen molar-refractivity contribution in [2.75, 3.05) is 5.73 Å². The summed E-state index contributed by atoms with van der Waals surface area (Å²) in [5, 5.41) is 9.12. The van der Waals surface area contributed by atoms with Crippen LogP contribution in [0.15, 0.2) is 18.3 Å².